The third-order valence-electron chi connectivity index (χ3n) is 4.86. The number of halogens is 4. The zero-order valence-electron chi connectivity index (χ0n) is 16.7. The number of amides is 2. The molecule has 0 unspecified atom stereocenters. The minimum atomic E-state index is -2.15. The van der Waals surface area contributed by atoms with Gasteiger partial charge in [-0.15, -0.1) is 0 Å². The van der Waals surface area contributed by atoms with Gasteiger partial charge in [-0.05, 0) is 48.5 Å². The van der Waals surface area contributed by atoms with Crippen molar-refractivity contribution in [1.82, 2.24) is 0 Å². The Labute approximate surface area is 179 Å². The predicted molar refractivity (Wildman–Crippen MR) is 109 cm³/mol. The summed E-state index contributed by atoms with van der Waals surface area (Å²) in [4.78, 5) is 27.3. The highest BCUT2D eigenvalue weighted by Crippen LogP contribution is 2.35. The predicted octanol–water partition coefficient (Wildman–Crippen LogP) is 5.53. The van der Waals surface area contributed by atoms with Crippen molar-refractivity contribution in [1.29, 1.82) is 0 Å². The molecule has 1 aliphatic heterocycles. The fourth-order valence-corrected chi connectivity index (χ4v) is 3.18. The lowest BCUT2D eigenvalue weighted by atomic mass is 10.1. The van der Waals surface area contributed by atoms with Crippen LogP contribution < -0.4 is 9.80 Å². The zero-order chi connectivity index (χ0) is 23.2. The molecule has 6 nitrogen and oxygen atoms in total. The minimum absolute atomic E-state index is 0.0508. The molecule has 2 amide bonds. The van der Waals surface area contributed by atoms with Crippen molar-refractivity contribution >= 4 is 34.6 Å². The van der Waals surface area contributed by atoms with Gasteiger partial charge in [0.1, 0.15) is 0 Å². The van der Waals surface area contributed by atoms with Crippen LogP contribution in [-0.2, 0) is 0 Å². The Balaban J connectivity index is 1.59. The fraction of sp³-hybridized carbons (Fsp3) is 0.0909. The van der Waals surface area contributed by atoms with Crippen molar-refractivity contribution in [3.05, 3.63) is 82.9 Å². The highest BCUT2D eigenvalue weighted by Gasteiger charge is 2.44. The van der Waals surface area contributed by atoms with Crippen LogP contribution in [0.15, 0.2) is 58.8 Å². The van der Waals surface area contributed by atoms with Gasteiger partial charge in [-0.3, -0.25) is 9.59 Å². The van der Waals surface area contributed by atoms with E-state index in [1.165, 1.54) is 24.3 Å². The Morgan fingerprint density at radius 2 is 1.06 bits per heavy atom. The average Bonchev–Trinajstić information content (AvgIpc) is 3.05. The van der Waals surface area contributed by atoms with Crippen molar-refractivity contribution in [3.63, 3.8) is 0 Å². The number of anilines is 2. The number of benzene rings is 3. The third-order valence-corrected chi connectivity index (χ3v) is 4.86. The first-order valence-electron chi connectivity index (χ1n) is 9.24. The molecule has 0 saturated heterocycles. The lowest BCUT2D eigenvalue weighted by molar-refractivity contribution is 0.0924. The number of fused-ring (bicyclic) bond motifs is 1. The molecule has 0 aliphatic carbocycles. The van der Waals surface area contributed by atoms with Crippen molar-refractivity contribution in [2.45, 2.75) is 0 Å². The van der Waals surface area contributed by atoms with Crippen molar-refractivity contribution in [3.8, 4) is 0 Å². The molecule has 1 aliphatic rings. The molecule has 0 radical (unpaired) electrons. The van der Waals surface area contributed by atoms with Gasteiger partial charge in [-0.2, -0.15) is 10.2 Å². The van der Waals surface area contributed by atoms with Crippen LogP contribution in [-0.4, -0.2) is 25.9 Å². The topological polar surface area (TPSA) is 65.3 Å². The smallest absolute Gasteiger partial charge is 0.269 e. The number of carbonyl (C=O) groups excluding carboxylic acids is 2. The minimum Gasteiger partial charge on any atom is -0.378 e. The summed E-state index contributed by atoms with van der Waals surface area (Å²) in [6, 6.07) is 12.7. The molecule has 3 aromatic carbocycles. The third kappa shape index (κ3) is 3.39. The second-order valence-corrected chi connectivity index (χ2v) is 7.08. The first-order chi connectivity index (χ1) is 15.2. The van der Waals surface area contributed by atoms with Crippen molar-refractivity contribution in [2.75, 3.05) is 23.9 Å². The molecule has 0 atom stereocenters. The van der Waals surface area contributed by atoms with E-state index in [-0.39, 0.29) is 5.69 Å². The van der Waals surface area contributed by atoms with Gasteiger partial charge in [0.15, 0.2) is 23.3 Å². The quantitative estimate of drug-likeness (QED) is 0.176. The highest BCUT2D eigenvalue weighted by atomic mass is 19.2. The second-order valence-electron chi connectivity index (χ2n) is 7.08. The lowest BCUT2D eigenvalue weighted by Crippen LogP contribution is -2.29. The Hall–Kier alpha value is -4.08. The molecule has 0 bridgehead atoms. The summed E-state index contributed by atoms with van der Waals surface area (Å²) >= 11 is 0. The number of azo groups is 1. The largest absolute Gasteiger partial charge is 0.378 e. The van der Waals surface area contributed by atoms with E-state index in [1.54, 1.807) is 12.1 Å². The maximum absolute atomic E-state index is 14.0. The number of hydrogen-bond donors (Lipinski definition) is 0. The molecule has 0 fully saturated rings. The van der Waals surface area contributed by atoms with E-state index < -0.39 is 46.2 Å². The van der Waals surface area contributed by atoms with E-state index >= 15 is 0 Å². The van der Waals surface area contributed by atoms with Crippen LogP contribution in [0.2, 0.25) is 0 Å². The van der Waals surface area contributed by atoms with Gasteiger partial charge in [0.25, 0.3) is 11.8 Å². The van der Waals surface area contributed by atoms with E-state index in [9.17, 15) is 27.2 Å². The van der Waals surface area contributed by atoms with Gasteiger partial charge in [-0.1, -0.05) is 0 Å². The Kier molecular flexibility index (Phi) is 5.21. The molecule has 32 heavy (non-hydrogen) atoms. The summed E-state index contributed by atoms with van der Waals surface area (Å²) in [5.41, 5.74) is -0.383. The molecule has 4 rings (SSSR count). The number of rotatable bonds is 4. The molecular formula is C22H14F4N4O2. The molecule has 162 valence electrons. The van der Waals surface area contributed by atoms with Crippen LogP contribution in [0.25, 0.3) is 0 Å². The lowest BCUT2D eigenvalue weighted by Gasteiger charge is -2.13. The second kappa shape index (κ2) is 7.88. The SMILES string of the molecule is CN(C)c1ccc(N=Nc2ccc(N3C(=O)c4c(F)c(F)c(F)c(F)c4C3=O)cc2)cc1. The summed E-state index contributed by atoms with van der Waals surface area (Å²) in [6.07, 6.45) is 0. The summed E-state index contributed by atoms with van der Waals surface area (Å²) in [7, 11) is 3.81. The Morgan fingerprint density at radius 3 is 1.47 bits per heavy atom. The standard InChI is InChI=1S/C22H14F4N4O2/c1-29(2)13-7-3-11(4-8-13)27-28-12-5-9-14(10-6-12)30-21(31)15-16(22(30)32)18(24)20(26)19(25)17(15)23/h3-10H,1-2H3. The van der Waals surface area contributed by atoms with Crippen LogP contribution in [0.5, 0.6) is 0 Å². The monoisotopic (exact) mass is 442 g/mol. The van der Waals surface area contributed by atoms with Crippen molar-refractivity contribution in [2.24, 2.45) is 10.2 Å². The van der Waals surface area contributed by atoms with Gasteiger partial charge in [0.05, 0.1) is 28.2 Å². The summed E-state index contributed by atoms with van der Waals surface area (Å²) in [5, 5.41) is 8.14. The summed E-state index contributed by atoms with van der Waals surface area (Å²) < 4.78 is 55.1. The van der Waals surface area contributed by atoms with Gasteiger partial charge in [-0.25, -0.2) is 22.5 Å². The first-order valence-corrected chi connectivity index (χ1v) is 9.24. The average molecular weight is 442 g/mol. The first kappa shape index (κ1) is 21.2. The molecule has 3 aromatic rings. The van der Waals surface area contributed by atoms with E-state index in [1.807, 2.05) is 31.1 Å². The Morgan fingerprint density at radius 1 is 0.656 bits per heavy atom. The summed E-state index contributed by atoms with van der Waals surface area (Å²) in [5.74, 6) is -10.7. The number of imide groups is 1. The van der Waals surface area contributed by atoms with Crippen LogP contribution in [0, 0.1) is 23.3 Å². The zero-order valence-corrected chi connectivity index (χ0v) is 16.7. The number of nitrogens with zero attached hydrogens (tertiary/aromatic N) is 4. The van der Waals surface area contributed by atoms with E-state index in [0.29, 0.717) is 16.3 Å². The maximum Gasteiger partial charge on any atom is 0.269 e. The van der Waals surface area contributed by atoms with E-state index in [2.05, 4.69) is 10.2 Å². The molecule has 1 heterocycles. The fourth-order valence-electron chi connectivity index (χ4n) is 3.18. The molecule has 0 spiro atoms. The van der Waals surface area contributed by atoms with Crippen LogP contribution in [0.4, 0.5) is 40.3 Å². The van der Waals surface area contributed by atoms with Gasteiger partial charge < -0.3 is 4.90 Å². The van der Waals surface area contributed by atoms with E-state index in [4.69, 9.17) is 0 Å². The van der Waals surface area contributed by atoms with E-state index in [0.717, 1.165) is 5.69 Å². The van der Waals surface area contributed by atoms with Crippen LogP contribution in [0.3, 0.4) is 0 Å². The van der Waals surface area contributed by atoms with Crippen molar-refractivity contribution < 1.29 is 27.2 Å². The number of carbonyl (C=O) groups is 2. The van der Waals surface area contributed by atoms with Gasteiger partial charge >= 0.3 is 0 Å². The number of hydrogen-bond acceptors (Lipinski definition) is 5. The normalized spacial score (nSPS) is 13.2. The Bertz CT molecular complexity index is 1230. The summed E-state index contributed by atoms with van der Waals surface area (Å²) in [6.45, 7) is 0. The molecule has 10 heteroatoms. The molecule has 0 saturated carbocycles. The van der Waals surface area contributed by atoms with Gasteiger partial charge in [0, 0.05) is 19.8 Å². The highest BCUT2D eigenvalue weighted by molar-refractivity contribution is 6.34. The van der Waals surface area contributed by atoms with Crippen LogP contribution >= 0.6 is 0 Å². The molecular weight excluding hydrogens is 428 g/mol. The van der Waals surface area contributed by atoms with Crippen LogP contribution in [0.1, 0.15) is 20.7 Å². The molecule has 0 aromatic heterocycles. The molecule has 0 N–H and O–H groups in total. The maximum atomic E-state index is 14.0. The van der Waals surface area contributed by atoms with Gasteiger partial charge in [0.2, 0.25) is 0 Å².